The van der Waals surface area contributed by atoms with Crippen LogP contribution in [-0.2, 0) is 11.3 Å². The molecule has 1 fully saturated rings. The van der Waals surface area contributed by atoms with Crippen molar-refractivity contribution in [3.63, 3.8) is 0 Å². The van der Waals surface area contributed by atoms with Gasteiger partial charge in [0, 0.05) is 43.8 Å². The first-order valence-electron chi connectivity index (χ1n) is 8.00. The predicted octanol–water partition coefficient (Wildman–Crippen LogP) is 1.69. The lowest BCUT2D eigenvalue weighted by molar-refractivity contribution is 0.0914. The minimum Gasteiger partial charge on any atom is -0.450 e. The molecule has 1 aromatic heterocycles. The average Bonchev–Trinajstić information content (AvgIpc) is 2.97. The summed E-state index contributed by atoms with van der Waals surface area (Å²) in [4.78, 5) is 25.9. The Labute approximate surface area is 141 Å². The van der Waals surface area contributed by atoms with Crippen LogP contribution < -0.4 is 5.32 Å². The van der Waals surface area contributed by atoms with Crippen molar-refractivity contribution in [1.82, 2.24) is 20.1 Å². The molecular formula is C15H25N5O2S. The molecule has 2 rings (SSSR count). The number of nitrogens with one attached hydrogen (secondary N) is 1. The number of aryl methyl sites for hydroxylation is 1. The van der Waals surface area contributed by atoms with E-state index < -0.39 is 0 Å². The summed E-state index contributed by atoms with van der Waals surface area (Å²) in [7, 11) is 0. The van der Waals surface area contributed by atoms with Gasteiger partial charge in [-0.1, -0.05) is 0 Å². The van der Waals surface area contributed by atoms with Crippen LogP contribution in [0.15, 0.2) is 11.2 Å². The van der Waals surface area contributed by atoms with Gasteiger partial charge in [0.15, 0.2) is 5.96 Å². The summed E-state index contributed by atoms with van der Waals surface area (Å²) in [6, 6.07) is 0. The second kappa shape index (κ2) is 8.71. The van der Waals surface area contributed by atoms with E-state index in [0.717, 1.165) is 30.6 Å². The number of rotatable bonds is 4. The lowest BCUT2D eigenvalue weighted by atomic mass is 10.3. The summed E-state index contributed by atoms with van der Waals surface area (Å²) >= 11 is 1.67. The Bertz CT molecular complexity index is 538. The number of carbonyl (C=O) groups is 1. The normalized spacial score (nSPS) is 15.7. The summed E-state index contributed by atoms with van der Waals surface area (Å²) in [5.41, 5.74) is 0. The quantitative estimate of drug-likeness (QED) is 0.668. The van der Waals surface area contributed by atoms with E-state index in [1.54, 1.807) is 16.2 Å². The second-order valence-corrected chi connectivity index (χ2v) is 6.53. The Kier molecular flexibility index (Phi) is 6.64. The van der Waals surface area contributed by atoms with Crippen LogP contribution in [0, 0.1) is 6.92 Å². The van der Waals surface area contributed by atoms with Crippen molar-refractivity contribution in [2.75, 3.05) is 39.3 Å². The van der Waals surface area contributed by atoms with Crippen molar-refractivity contribution in [1.29, 1.82) is 0 Å². The van der Waals surface area contributed by atoms with Crippen molar-refractivity contribution in [3.05, 3.63) is 16.1 Å². The monoisotopic (exact) mass is 339 g/mol. The standard InChI is InChI=1S/C15H25N5O2S/c1-4-16-14(18-11-13-17-10-12(3)23-13)19-6-8-20(9-7-19)15(21)22-5-2/h10H,4-9,11H2,1-3H3,(H,16,18). The molecule has 23 heavy (non-hydrogen) atoms. The zero-order valence-electron chi connectivity index (χ0n) is 14.0. The molecule has 1 aliphatic rings. The number of hydrogen-bond acceptors (Lipinski definition) is 5. The molecule has 0 unspecified atom stereocenters. The fraction of sp³-hybridized carbons (Fsp3) is 0.667. The van der Waals surface area contributed by atoms with Gasteiger partial charge in [-0.05, 0) is 20.8 Å². The van der Waals surface area contributed by atoms with E-state index >= 15 is 0 Å². The molecule has 7 nitrogen and oxygen atoms in total. The number of piperazine rings is 1. The van der Waals surface area contributed by atoms with Crippen LogP contribution in [0.25, 0.3) is 0 Å². The van der Waals surface area contributed by atoms with Gasteiger partial charge in [0.25, 0.3) is 0 Å². The molecule has 0 radical (unpaired) electrons. The van der Waals surface area contributed by atoms with Gasteiger partial charge in [0.05, 0.1) is 13.2 Å². The molecular weight excluding hydrogens is 314 g/mol. The molecule has 0 aliphatic carbocycles. The Balaban J connectivity index is 1.92. The Morgan fingerprint density at radius 2 is 2.04 bits per heavy atom. The number of guanidine groups is 1. The first-order valence-corrected chi connectivity index (χ1v) is 8.82. The molecule has 0 atom stereocenters. The fourth-order valence-corrected chi connectivity index (χ4v) is 3.07. The lowest BCUT2D eigenvalue weighted by Crippen LogP contribution is -2.53. The highest BCUT2D eigenvalue weighted by molar-refractivity contribution is 7.11. The molecule has 0 aromatic carbocycles. The summed E-state index contributed by atoms with van der Waals surface area (Å²) in [6.07, 6.45) is 1.65. The summed E-state index contributed by atoms with van der Waals surface area (Å²) in [5.74, 6) is 0.879. The van der Waals surface area contributed by atoms with Gasteiger partial charge in [-0.3, -0.25) is 0 Å². The molecule has 128 valence electrons. The second-order valence-electron chi connectivity index (χ2n) is 5.21. The topological polar surface area (TPSA) is 70.1 Å². The Morgan fingerprint density at radius 3 is 2.61 bits per heavy atom. The van der Waals surface area contributed by atoms with Crippen molar-refractivity contribution < 1.29 is 9.53 Å². The maximum absolute atomic E-state index is 11.7. The molecule has 1 aromatic rings. The van der Waals surface area contributed by atoms with Gasteiger partial charge >= 0.3 is 6.09 Å². The number of hydrogen-bond donors (Lipinski definition) is 1. The van der Waals surface area contributed by atoms with Crippen molar-refractivity contribution in [2.24, 2.45) is 4.99 Å². The van der Waals surface area contributed by atoms with Gasteiger partial charge in [0.2, 0.25) is 0 Å². The first-order chi connectivity index (χ1) is 11.1. The first kappa shape index (κ1) is 17.5. The zero-order chi connectivity index (χ0) is 16.7. The maximum Gasteiger partial charge on any atom is 0.409 e. The van der Waals surface area contributed by atoms with Gasteiger partial charge in [-0.25, -0.2) is 14.8 Å². The highest BCUT2D eigenvalue weighted by atomic mass is 32.1. The van der Waals surface area contributed by atoms with E-state index in [1.165, 1.54) is 4.88 Å². The zero-order valence-corrected chi connectivity index (χ0v) is 14.9. The predicted molar refractivity (Wildman–Crippen MR) is 91.8 cm³/mol. The number of aromatic nitrogens is 1. The number of nitrogens with zero attached hydrogens (tertiary/aromatic N) is 4. The molecule has 2 heterocycles. The summed E-state index contributed by atoms with van der Waals surface area (Å²) in [5, 5.41) is 4.33. The lowest BCUT2D eigenvalue weighted by Gasteiger charge is -2.35. The molecule has 8 heteroatoms. The van der Waals surface area contributed by atoms with Gasteiger partial charge < -0.3 is 19.9 Å². The fourth-order valence-electron chi connectivity index (χ4n) is 2.36. The van der Waals surface area contributed by atoms with Crippen LogP contribution in [0.4, 0.5) is 4.79 Å². The van der Waals surface area contributed by atoms with Crippen molar-refractivity contribution in [2.45, 2.75) is 27.3 Å². The van der Waals surface area contributed by atoms with Crippen LogP contribution >= 0.6 is 11.3 Å². The molecule has 0 spiro atoms. The Hall–Kier alpha value is -1.83. The number of ether oxygens (including phenoxy) is 1. The van der Waals surface area contributed by atoms with E-state index in [9.17, 15) is 4.79 Å². The summed E-state index contributed by atoms with van der Waals surface area (Å²) < 4.78 is 5.05. The third kappa shape index (κ3) is 5.09. The number of aliphatic imine (C=N–C) groups is 1. The van der Waals surface area contributed by atoms with Crippen LogP contribution in [0.1, 0.15) is 23.7 Å². The number of amides is 1. The van der Waals surface area contributed by atoms with E-state index in [1.807, 2.05) is 20.0 Å². The highest BCUT2D eigenvalue weighted by Gasteiger charge is 2.23. The molecule has 0 saturated carbocycles. The van der Waals surface area contributed by atoms with E-state index in [-0.39, 0.29) is 6.09 Å². The number of carbonyl (C=O) groups excluding carboxylic acids is 1. The van der Waals surface area contributed by atoms with Crippen LogP contribution in [-0.4, -0.2) is 66.2 Å². The smallest absolute Gasteiger partial charge is 0.409 e. The largest absolute Gasteiger partial charge is 0.450 e. The van der Waals surface area contributed by atoms with Gasteiger partial charge in [-0.2, -0.15) is 0 Å². The Morgan fingerprint density at radius 1 is 1.35 bits per heavy atom. The SMILES string of the molecule is CCNC(=NCc1ncc(C)s1)N1CCN(C(=O)OCC)CC1. The van der Waals surface area contributed by atoms with E-state index in [0.29, 0.717) is 26.2 Å². The van der Waals surface area contributed by atoms with E-state index in [2.05, 4.69) is 27.1 Å². The van der Waals surface area contributed by atoms with Crippen molar-refractivity contribution in [3.8, 4) is 0 Å². The van der Waals surface area contributed by atoms with Gasteiger partial charge in [0.1, 0.15) is 5.01 Å². The minimum absolute atomic E-state index is 0.229. The minimum atomic E-state index is -0.229. The summed E-state index contributed by atoms with van der Waals surface area (Å²) in [6.45, 7) is 10.5. The van der Waals surface area contributed by atoms with Crippen LogP contribution in [0.3, 0.4) is 0 Å². The highest BCUT2D eigenvalue weighted by Crippen LogP contribution is 2.12. The molecule has 1 saturated heterocycles. The van der Waals surface area contributed by atoms with Crippen molar-refractivity contribution >= 4 is 23.4 Å². The molecule has 1 aliphatic heterocycles. The molecule has 1 N–H and O–H groups in total. The third-order valence-electron chi connectivity index (χ3n) is 3.47. The van der Waals surface area contributed by atoms with Gasteiger partial charge in [-0.15, -0.1) is 11.3 Å². The van der Waals surface area contributed by atoms with Crippen LogP contribution in [0.5, 0.6) is 0 Å². The number of thiazole rings is 1. The van der Waals surface area contributed by atoms with E-state index in [4.69, 9.17) is 4.74 Å². The maximum atomic E-state index is 11.7. The average molecular weight is 339 g/mol. The van der Waals surface area contributed by atoms with Crippen LogP contribution in [0.2, 0.25) is 0 Å². The molecule has 0 bridgehead atoms. The third-order valence-corrected chi connectivity index (χ3v) is 4.37. The molecule has 1 amide bonds.